The predicted octanol–water partition coefficient (Wildman–Crippen LogP) is 5.57. The van der Waals surface area contributed by atoms with Crippen molar-refractivity contribution < 1.29 is 13.6 Å². The number of hydrogen-bond acceptors (Lipinski definition) is 1. The van der Waals surface area contributed by atoms with Crippen molar-refractivity contribution in [2.45, 2.75) is 58.3 Å². The standard InChI is InChI=1S/C18H24F2OS/c1-2-3-12-4-6-13(7-5-12)8-9-14-10-11-15(18(21)22)17(20)16(14)19/h10-13H,2-9H2,1H3,(H,21,22). The van der Waals surface area contributed by atoms with Crippen LogP contribution in [-0.2, 0) is 6.42 Å². The van der Waals surface area contributed by atoms with Crippen molar-refractivity contribution in [1.82, 2.24) is 0 Å². The number of rotatable bonds is 6. The molecule has 1 nitrogen and oxygen atoms in total. The third-order valence-corrected chi connectivity index (χ3v) is 5.12. The van der Waals surface area contributed by atoms with Gasteiger partial charge in [0.05, 0.1) is 5.56 Å². The average Bonchev–Trinajstić information content (AvgIpc) is 2.50. The second-order valence-corrected chi connectivity index (χ2v) is 6.83. The summed E-state index contributed by atoms with van der Waals surface area (Å²) in [6, 6.07) is 2.85. The fraction of sp³-hybridized carbons (Fsp3) is 0.611. The van der Waals surface area contributed by atoms with Gasteiger partial charge in [0.25, 0.3) is 0 Å². The molecule has 0 heterocycles. The molecule has 0 aromatic heterocycles. The Morgan fingerprint density at radius 3 is 2.23 bits per heavy atom. The molecule has 0 amide bonds. The van der Waals surface area contributed by atoms with Crippen LogP contribution in [0.1, 0.15) is 67.8 Å². The minimum absolute atomic E-state index is 0.287. The number of aryl methyl sites for hydroxylation is 1. The molecule has 0 radical (unpaired) electrons. The molecule has 1 aliphatic carbocycles. The van der Waals surface area contributed by atoms with Crippen LogP contribution in [0.5, 0.6) is 0 Å². The van der Waals surface area contributed by atoms with Gasteiger partial charge in [0.2, 0.25) is 5.12 Å². The molecule has 0 N–H and O–H groups in total. The number of benzene rings is 1. The topological polar surface area (TPSA) is 17.1 Å². The van der Waals surface area contributed by atoms with E-state index in [1.165, 1.54) is 50.7 Å². The van der Waals surface area contributed by atoms with Crippen LogP contribution in [0.2, 0.25) is 0 Å². The number of carbonyl (C=O) groups excluding carboxylic acids is 1. The molecule has 0 unspecified atom stereocenters. The summed E-state index contributed by atoms with van der Waals surface area (Å²) in [6.07, 6.45) is 8.91. The number of carbonyl (C=O) groups is 1. The molecule has 0 atom stereocenters. The highest BCUT2D eigenvalue weighted by Gasteiger charge is 2.22. The van der Waals surface area contributed by atoms with Crippen molar-refractivity contribution in [2.75, 3.05) is 0 Å². The van der Waals surface area contributed by atoms with Gasteiger partial charge in [-0.2, -0.15) is 0 Å². The van der Waals surface area contributed by atoms with E-state index in [2.05, 4.69) is 19.6 Å². The van der Waals surface area contributed by atoms with Gasteiger partial charge in [0.1, 0.15) is 0 Å². The fourth-order valence-corrected chi connectivity index (χ4v) is 3.70. The first kappa shape index (κ1) is 17.5. The lowest BCUT2D eigenvalue weighted by Gasteiger charge is -2.28. The molecular weight excluding hydrogens is 302 g/mol. The van der Waals surface area contributed by atoms with Crippen LogP contribution in [0.4, 0.5) is 8.78 Å². The maximum atomic E-state index is 14.0. The van der Waals surface area contributed by atoms with Gasteiger partial charge in [-0.1, -0.05) is 51.5 Å². The normalized spacial score (nSPS) is 21.8. The van der Waals surface area contributed by atoms with E-state index < -0.39 is 16.7 Å². The lowest BCUT2D eigenvalue weighted by atomic mass is 9.78. The Morgan fingerprint density at radius 1 is 1.09 bits per heavy atom. The van der Waals surface area contributed by atoms with Crippen LogP contribution in [0.15, 0.2) is 12.1 Å². The highest BCUT2D eigenvalue weighted by molar-refractivity contribution is 7.97. The summed E-state index contributed by atoms with van der Waals surface area (Å²) >= 11 is 3.55. The minimum atomic E-state index is -1.07. The summed E-state index contributed by atoms with van der Waals surface area (Å²) < 4.78 is 27.7. The summed E-state index contributed by atoms with van der Waals surface area (Å²) in [5, 5.41) is -0.739. The van der Waals surface area contributed by atoms with Crippen LogP contribution in [-0.4, -0.2) is 5.12 Å². The van der Waals surface area contributed by atoms with E-state index in [0.29, 0.717) is 17.9 Å². The molecule has 122 valence electrons. The van der Waals surface area contributed by atoms with E-state index in [9.17, 15) is 13.6 Å². The van der Waals surface area contributed by atoms with E-state index in [0.717, 1.165) is 12.3 Å². The summed E-state index contributed by atoms with van der Waals surface area (Å²) in [5.74, 6) is -0.485. The molecule has 1 fully saturated rings. The molecular formula is C18H24F2OS. The maximum absolute atomic E-state index is 14.0. The van der Waals surface area contributed by atoms with Gasteiger partial charge in [-0.25, -0.2) is 8.78 Å². The Morgan fingerprint density at radius 2 is 1.68 bits per heavy atom. The monoisotopic (exact) mass is 326 g/mol. The van der Waals surface area contributed by atoms with E-state index in [1.807, 2.05) is 0 Å². The Hall–Kier alpha value is -0.900. The lowest BCUT2D eigenvalue weighted by Crippen LogP contribution is -2.15. The van der Waals surface area contributed by atoms with Crippen LogP contribution in [0.3, 0.4) is 0 Å². The number of halogens is 2. The Kier molecular flexibility index (Phi) is 6.42. The number of hydrogen-bond donors (Lipinski definition) is 1. The molecule has 1 aromatic carbocycles. The molecule has 0 spiro atoms. The van der Waals surface area contributed by atoms with Gasteiger partial charge in [0, 0.05) is 0 Å². The molecule has 22 heavy (non-hydrogen) atoms. The maximum Gasteiger partial charge on any atom is 0.219 e. The molecule has 1 aromatic rings. The highest BCUT2D eigenvalue weighted by Crippen LogP contribution is 2.34. The van der Waals surface area contributed by atoms with Crippen LogP contribution < -0.4 is 0 Å². The first-order valence-corrected chi connectivity index (χ1v) is 8.67. The van der Waals surface area contributed by atoms with Crippen molar-refractivity contribution in [3.8, 4) is 0 Å². The summed E-state index contributed by atoms with van der Waals surface area (Å²) in [4.78, 5) is 11.1. The molecule has 1 aliphatic rings. The van der Waals surface area contributed by atoms with Gasteiger partial charge >= 0.3 is 0 Å². The molecule has 0 saturated heterocycles. The summed E-state index contributed by atoms with van der Waals surface area (Å²) in [6.45, 7) is 2.22. The smallest absolute Gasteiger partial charge is 0.219 e. The SMILES string of the molecule is CCCC1CCC(CCc2ccc(C(=O)S)c(F)c2F)CC1. The Labute approximate surface area is 136 Å². The molecule has 0 aliphatic heterocycles. The summed E-state index contributed by atoms with van der Waals surface area (Å²) in [5.41, 5.74) is 0.0798. The molecule has 2 rings (SSSR count). The van der Waals surface area contributed by atoms with Crippen molar-refractivity contribution in [2.24, 2.45) is 11.8 Å². The van der Waals surface area contributed by atoms with E-state index in [-0.39, 0.29) is 5.56 Å². The van der Waals surface area contributed by atoms with Gasteiger partial charge in [-0.15, -0.1) is 12.6 Å². The van der Waals surface area contributed by atoms with Crippen molar-refractivity contribution in [1.29, 1.82) is 0 Å². The Bertz CT molecular complexity index is 522. The van der Waals surface area contributed by atoms with Crippen LogP contribution >= 0.6 is 12.6 Å². The highest BCUT2D eigenvalue weighted by atomic mass is 32.1. The first-order chi connectivity index (χ1) is 10.5. The van der Waals surface area contributed by atoms with E-state index in [4.69, 9.17) is 0 Å². The van der Waals surface area contributed by atoms with E-state index >= 15 is 0 Å². The second-order valence-electron chi connectivity index (χ2n) is 6.42. The molecule has 1 saturated carbocycles. The zero-order valence-electron chi connectivity index (χ0n) is 13.1. The van der Waals surface area contributed by atoms with Crippen molar-refractivity contribution in [3.05, 3.63) is 34.9 Å². The number of thiol groups is 1. The lowest BCUT2D eigenvalue weighted by molar-refractivity contribution is 0.108. The molecule has 0 bridgehead atoms. The van der Waals surface area contributed by atoms with Gasteiger partial charge < -0.3 is 0 Å². The first-order valence-electron chi connectivity index (χ1n) is 8.23. The van der Waals surface area contributed by atoms with Gasteiger partial charge in [-0.05, 0) is 36.3 Å². The zero-order chi connectivity index (χ0) is 16.1. The minimum Gasteiger partial charge on any atom is -0.282 e. The summed E-state index contributed by atoms with van der Waals surface area (Å²) in [7, 11) is 0. The second kappa shape index (κ2) is 8.09. The Balaban J connectivity index is 1.90. The van der Waals surface area contributed by atoms with Crippen LogP contribution in [0, 0.1) is 23.5 Å². The van der Waals surface area contributed by atoms with Gasteiger partial charge in [-0.3, -0.25) is 4.79 Å². The third-order valence-electron chi connectivity index (χ3n) is 4.88. The largest absolute Gasteiger partial charge is 0.282 e. The fourth-order valence-electron chi connectivity index (χ4n) is 3.52. The van der Waals surface area contributed by atoms with Crippen molar-refractivity contribution in [3.63, 3.8) is 0 Å². The zero-order valence-corrected chi connectivity index (χ0v) is 14.0. The van der Waals surface area contributed by atoms with Crippen LogP contribution in [0.25, 0.3) is 0 Å². The van der Waals surface area contributed by atoms with E-state index in [1.54, 1.807) is 0 Å². The van der Waals surface area contributed by atoms with Gasteiger partial charge in [0.15, 0.2) is 11.6 Å². The van der Waals surface area contributed by atoms with Crippen molar-refractivity contribution >= 4 is 17.7 Å². The average molecular weight is 326 g/mol. The third kappa shape index (κ3) is 4.31. The quantitative estimate of drug-likeness (QED) is 0.676. The predicted molar refractivity (Wildman–Crippen MR) is 88.4 cm³/mol. The molecule has 4 heteroatoms.